The molecule has 0 saturated carbocycles. The van der Waals surface area contributed by atoms with E-state index in [-0.39, 0.29) is 10.8 Å². The lowest BCUT2D eigenvalue weighted by Gasteiger charge is -2.20. The summed E-state index contributed by atoms with van der Waals surface area (Å²) in [6.07, 6.45) is 0. The zero-order chi connectivity index (χ0) is 13.8. The highest BCUT2D eigenvalue weighted by Gasteiger charge is 2.18. The highest BCUT2D eigenvalue weighted by atomic mass is 32.2. The van der Waals surface area contributed by atoms with Gasteiger partial charge in [0.2, 0.25) is 0 Å². The van der Waals surface area contributed by atoms with E-state index in [2.05, 4.69) is 10.1 Å². The number of carbonyl (C=O) groups is 2. The van der Waals surface area contributed by atoms with Crippen LogP contribution in [0.15, 0.2) is 29.2 Å². The van der Waals surface area contributed by atoms with Crippen LogP contribution >= 0.6 is 11.8 Å². The third-order valence-corrected chi connectivity index (χ3v) is 2.84. The molecule has 0 atom stereocenters. The van der Waals surface area contributed by atoms with E-state index in [1.165, 1.54) is 7.11 Å². The first-order valence-corrected chi connectivity index (χ1v) is 6.32. The fraction of sp³-hybridized carbons (Fsp3) is 0.385. The Morgan fingerprint density at radius 2 is 1.83 bits per heavy atom. The van der Waals surface area contributed by atoms with E-state index in [4.69, 9.17) is 0 Å². The van der Waals surface area contributed by atoms with Gasteiger partial charge < -0.3 is 10.1 Å². The minimum Gasteiger partial charge on any atom is -0.465 e. The van der Waals surface area contributed by atoms with Gasteiger partial charge in [-0.25, -0.2) is 4.79 Å². The fourth-order valence-corrected chi connectivity index (χ4v) is 2.23. The third kappa shape index (κ3) is 4.41. The van der Waals surface area contributed by atoms with Gasteiger partial charge >= 0.3 is 5.97 Å². The molecule has 0 heterocycles. The molecule has 0 aliphatic carbocycles. The fourth-order valence-electron chi connectivity index (χ4n) is 1.27. The number of carbonyl (C=O) groups excluding carboxylic acids is 2. The maximum Gasteiger partial charge on any atom is 0.339 e. The Morgan fingerprint density at radius 3 is 2.39 bits per heavy atom. The summed E-state index contributed by atoms with van der Waals surface area (Å²) in [4.78, 5) is 23.9. The first kappa shape index (κ1) is 14.6. The van der Waals surface area contributed by atoms with Crippen molar-refractivity contribution in [2.75, 3.05) is 7.11 Å². The van der Waals surface area contributed by atoms with Crippen molar-refractivity contribution in [1.82, 2.24) is 5.32 Å². The summed E-state index contributed by atoms with van der Waals surface area (Å²) in [5.74, 6) is -0.443. The zero-order valence-electron chi connectivity index (χ0n) is 10.9. The Morgan fingerprint density at radius 1 is 1.22 bits per heavy atom. The molecule has 0 aliphatic heterocycles. The van der Waals surface area contributed by atoms with E-state index in [1.807, 2.05) is 20.8 Å². The van der Waals surface area contributed by atoms with Crippen LogP contribution in [0.25, 0.3) is 0 Å². The van der Waals surface area contributed by atoms with Crippen molar-refractivity contribution in [1.29, 1.82) is 0 Å². The van der Waals surface area contributed by atoms with E-state index >= 15 is 0 Å². The molecule has 98 valence electrons. The average Bonchev–Trinajstić information content (AvgIpc) is 2.26. The number of nitrogens with one attached hydrogen (secondary N) is 1. The van der Waals surface area contributed by atoms with Crippen LogP contribution in [-0.4, -0.2) is 23.9 Å². The number of methoxy groups -OCH3 is 1. The van der Waals surface area contributed by atoms with Gasteiger partial charge in [0.05, 0.1) is 12.7 Å². The van der Waals surface area contributed by atoms with Crippen molar-refractivity contribution in [3.63, 3.8) is 0 Å². The van der Waals surface area contributed by atoms with E-state index in [0.717, 1.165) is 11.8 Å². The van der Waals surface area contributed by atoms with Crippen molar-refractivity contribution < 1.29 is 14.3 Å². The summed E-state index contributed by atoms with van der Waals surface area (Å²) in [5, 5.41) is 2.63. The molecule has 0 aliphatic rings. The molecule has 1 aromatic rings. The Kier molecular flexibility index (Phi) is 4.78. The number of hydrogen-bond donors (Lipinski definition) is 1. The SMILES string of the molecule is COC(=O)c1ccccc1SC(=O)NC(C)(C)C. The third-order valence-electron chi connectivity index (χ3n) is 1.97. The standard InChI is InChI=1S/C13H17NO3S/c1-13(2,3)14-12(16)18-10-8-6-5-7-9(10)11(15)17-4/h5-8H,1-4H3,(H,14,16). The Balaban J connectivity index is 2.85. The van der Waals surface area contributed by atoms with Crippen molar-refractivity contribution >= 4 is 23.0 Å². The number of amides is 1. The first-order chi connectivity index (χ1) is 8.33. The molecule has 18 heavy (non-hydrogen) atoms. The molecule has 0 radical (unpaired) electrons. The number of ether oxygens (including phenoxy) is 1. The number of benzene rings is 1. The summed E-state index contributed by atoms with van der Waals surface area (Å²) in [5.41, 5.74) is 0.0960. The predicted octanol–water partition coefficient (Wildman–Crippen LogP) is 3.07. The number of esters is 1. The molecule has 1 N–H and O–H groups in total. The van der Waals surface area contributed by atoms with E-state index in [0.29, 0.717) is 10.5 Å². The number of rotatable bonds is 2. The second-order valence-electron chi connectivity index (χ2n) is 4.75. The number of hydrogen-bond acceptors (Lipinski definition) is 4. The second-order valence-corrected chi connectivity index (χ2v) is 5.77. The Labute approximate surface area is 111 Å². The van der Waals surface area contributed by atoms with Crippen molar-refractivity contribution in [3.05, 3.63) is 29.8 Å². The van der Waals surface area contributed by atoms with Crippen molar-refractivity contribution in [2.24, 2.45) is 0 Å². The van der Waals surface area contributed by atoms with Crippen LogP contribution in [0.2, 0.25) is 0 Å². The summed E-state index contributed by atoms with van der Waals surface area (Å²) in [6, 6.07) is 6.87. The largest absolute Gasteiger partial charge is 0.465 e. The molecular formula is C13H17NO3S. The van der Waals surface area contributed by atoms with Gasteiger partial charge in [-0.1, -0.05) is 12.1 Å². The summed E-state index contributed by atoms with van der Waals surface area (Å²) in [6.45, 7) is 5.70. The lowest BCUT2D eigenvalue weighted by atomic mass is 10.1. The molecule has 0 spiro atoms. The summed E-state index contributed by atoms with van der Waals surface area (Å²) in [7, 11) is 1.32. The first-order valence-electron chi connectivity index (χ1n) is 5.51. The molecule has 1 amide bonds. The van der Waals surface area contributed by atoms with E-state index in [1.54, 1.807) is 24.3 Å². The van der Waals surface area contributed by atoms with Crippen LogP contribution in [0.1, 0.15) is 31.1 Å². The highest BCUT2D eigenvalue weighted by molar-refractivity contribution is 8.13. The number of thioether (sulfide) groups is 1. The van der Waals surface area contributed by atoms with Gasteiger partial charge in [0.15, 0.2) is 0 Å². The van der Waals surface area contributed by atoms with Crippen molar-refractivity contribution in [2.45, 2.75) is 31.2 Å². The predicted molar refractivity (Wildman–Crippen MR) is 71.9 cm³/mol. The normalized spacial score (nSPS) is 10.9. The van der Waals surface area contributed by atoms with Crippen LogP contribution in [0.3, 0.4) is 0 Å². The Hall–Kier alpha value is -1.49. The second kappa shape index (κ2) is 5.91. The van der Waals surface area contributed by atoms with Gasteiger partial charge in [0.1, 0.15) is 0 Å². The monoisotopic (exact) mass is 267 g/mol. The quantitative estimate of drug-likeness (QED) is 0.661. The lowest BCUT2D eigenvalue weighted by molar-refractivity contribution is 0.0597. The summed E-state index contributed by atoms with van der Waals surface area (Å²) >= 11 is 0.990. The van der Waals surface area contributed by atoms with E-state index in [9.17, 15) is 9.59 Å². The van der Waals surface area contributed by atoms with Gasteiger partial charge in [-0.2, -0.15) is 0 Å². The van der Waals surface area contributed by atoms with Crippen LogP contribution in [0.5, 0.6) is 0 Å². The molecular weight excluding hydrogens is 250 g/mol. The van der Waals surface area contributed by atoms with E-state index < -0.39 is 5.97 Å². The molecule has 0 unspecified atom stereocenters. The van der Waals surface area contributed by atoms with Crippen LogP contribution in [0.4, 0.5) is 4.79 Å². The molecule has 0 fully saturated rings. The molecule has 0 aromatic heterocycles. The molecule has 4 nitrogen and oxygen atoms in total. The molecule has 0 bridgehead atoms. The van der Waals surface area contributed by atoms with Crippen molar-refractivity contribution in [3.8, 4) is 0 Å². The van der Waals surface area contributed by atoms with Crippen LogP contribution in [0, 0.1) is 0 Å². The molecule has 5 heteroatoms. The average molecular weight is 267 g/mol. The zero-order valence-corrected chi connectivity index (χ0v) is 11.8. The molecule has 0 saturated heterocycles. The smallest absolute Gasteiger partial charge is 0.339 e. The maximum atomic E-state index is 11.8. The summed E-state index contributed by atoms with van der Waals surface area (Å²) < 4.78 is 4.68. The van der Waals surface area contributed by atoms with Crippen LogP contribution < -0.4 is 5.32 Å². The highest BCUT2D eigenvalue weighted by Crippen LogP contribution is 2.24. The maximum absolute atomic E-state index is 11.8. The minimum absolute atomic E-state index is 0.196. The Bertz CT molecular complexity index is 452. The van der Waals surface area contributed by atoms with Gasteiger partial charge in [-0.15, -0.1) is 0 Å². The molecule has 1 rings (SSSR count). The molecule has 1 aromatic carbocycles. The van der Waals surface area contributed by atoms with Gasteiger partial charge in [0, 0.05) is 10.4 Å². The lowest BCUT2D eigenvalue weighted by Crippen LogP contribution is -2.38. The van der Waals surface area contributed by atoms with Gasteiger partial charge in [0.25, 0.3) is 5.24 Å². The minimum atomic E-state index is -0.443. The van der Waals surface area contributed by atoms with Crippen LogP contribution in [-0.2, 0) is 4.74 Å². The topological polar surface area (TPSA) is 55.4 Å². The van der Waals surface area contributed by atoms with Gasteiger partial charge in [-0.05, 0) is 44.7 Å². The van der Waals surface area contributed by atoms with Gasteiger partial charge in [-0.3, -0.25) is 4.79 Å².